The average molecular weight is 412 g/mol. The van der Waals surface area contributed by atoms with Crippen molar-refractivity contribution in [3.05, 3.63) is 41.1 Å². The topological polar surface area (TPSA) is 111 Å². The minimum atomic E-state index is -0.494. The van der Waals surface area contributed by atoms with Crippen LogP contribution in [0.25, 0.3) is 0 Å². The Morgan fingerprint density at radius 1 is 1.20 bits per heavy atom. The maximum atomic E-state index is 12.6. The number of primary amides is 1. The Bertz CT molecular complexity index is 916. The number of hydrazine groups is 1. The molecule has 2 aliphatic rings. The summed E-state index contributed by atoms with van der Waals surface area (Å²) in [6, 6.07) is 7.64. The minimum absolute atomic E-state index is 0.0546. The predicted molar refractivity (Wildman–Crippen MR) is 115 cm³/mol. The molecule has 2 aliphatic heterocycles. The average Bonchev–Trinajstić information content (AvgIpc) is 3.41. The first-order chi connectivity index (χ1) is 14.4. The van der Waals surface area contributed by atoms with E-state index in [1.54, 1.807) is 0 Å². The highest BCUT2D eigenvalue weighted by atomic mass is 16.2. The van der Waals surface area contributed by atoms with Crippen LogP contribution in [-0.2, 0) is 24.3 Å². The van der Waals surface area contributed by atoms with Crippen molar-refractivity contribution in [3.63, 3.8) is 0 Å². The van der Waals surface area contributed by atoms with E-state index in [0.717, 1.165) is 29.9 Å². The maximum absolute atomic E-state index is 12.6. The van der Waals surface area contributed by atoms with E-state index in [0.29, 0.717) is 18.9 Å². The molecule has 30 heavy (non-hydrogen) atoms. The van der Waals surface area contributed by atoms with E-state index in [4.69, 9.17) is 5.73 Å². The number of H-pyrrole nitrogens is 1. The molecule has 9 nitrogen and oxygen atoms in total. The van der Waals surface area contributed by atoms with Crippen LogP contribution >= 0.6 is 0 Å². The number of benzene rings is 1. The van der Waals surface area contributed by atoms with Crippen LogP contribution in [0.5, 0.6) is 0 Å². The Hall–Kier alpha value is -3.07. The van der Waals surface area contributed by atoms with Gasteiger partial charge in [0.05, 0.1) is 18.7 Å². The van der Waals surface area contributed by atoms with Gasteiger partial charge in [-0.25, -0.2) is 9.80 Å². The minimum Gasteiger partial charge on any atom is -0.372 e. The monoisotopic (exact) mass is 411 g/mol. The van der Waals surface area contributed by atoms with Crippen molar-refractivity contribution in [1.29, 1.82) is 0 Å². The SMILES string of the molecule is CC(C)N(C(N)=O)N1Cc2[nH]nc(NC(=O)Cc3ccc(N4CCCC4)cc3)c2C1. The van der Waals surface area contributed by atoms with Crippen molar-refractivity contribution in [2.75, 3.05) is 23.3 Å². The fourth-order valence-electron chi connectivity index (χ4n) is 4.26. The fraction of sp³-hybridized carbons (Fsp3) is 0.476. The molecule has 3 heterocycles. The zero-order chi connectivity index (χ0) is 21.3. The number of fused-ring (bicyclic) bond motifs is 1. The smallest absolute Gasteiger partial charge is 0.329 e. The van der Waals surface area contributed by atoms with Crippen molar-refractivity contribution < 1.29 is 9.59 Å². The number of nitrogens with zero attached hydrogens (tertiary/aromatic N) is 4. The van der Waals surface area contributed by atoms with Gasteiger partial charge < -0.3 is 16.0 Å². The molecule has 0 radical (unpaired) electrons. The molecule has 9 heteroatoms. The zero-order valence-electron chi connectivity index (χ0n) is 17.5. The van der Waals surface area contributed by atoms with Crippen molar-refractivity contribution in [3.8, 4) is 0 Å². The predicted octanol–water partition coefficient (Wildman–Crippen LogP) is 2.21. The quantitative estimate of drug-likeness (QED) is 0.675. The number of urea groups is 1. The van der Waals surface area contributed by atoms with E-state index in [1.165, 1.54) is 23.5 Å². The van der Waals surface area contributed by atoms with Crippen LogP contribution in [0, 0.1) is 0 Å². The summed E-state index contributed by atoms with van der Waals surface area (Å²) in [5, 5.41) is 13.5. The maximum Gasteiger partial charge on any atom is 0.329 e. The summed E-state index contributed by atoms with van der Waals surface area (Å²) in [7, 11) is 0. The Morgan fingerprint density at radius 3 is 2.53 bits per heavy atom. The van der Waals surface area contributed by atoms with Crippen LogP contribution in [0.2, 0.25) is 0 Å². The summed E-state index contributed by atoms with van der Waals surface area (Å²) in [6.45, 7) is 6.99. The van der Waals surface area contributed by atoms with Gasteiger partial charge in [0.25, 0.3) is 0 Å². The number of aromatic nitrogens is 2. The second-order valence-electron chi connectivity index (χ2n) is 8.21. The van der Waals surface area contributed by atoms with Gasteiger partial charge in [0, 0.05) is 36.9 Å². The highest BCUT2D eigenvalue weighted by Gasteiger charge is 2.32. The standard InChI is InChI=1S/C21H29N7O2/c1-14(2)28(21(22)30)27-12-17-18(13-27)24-25-20(17)23-19(29)11-15-5-7-16(8-6-15)26-9-3-4-10-26/h5-8,14H,3-4,9-13H2,1-2H3,(H2,22,30)(H2,23,24,25,29). The van der Waals surface area contributed by atoms with E-state index in [9.17, 15) is 9.59 Å². The molecule has 0 unspecified atom stereocenters. The summed E-state index contributed by atoms with van der Waals surface area (Å²) in [6.07, 6.45) is 2.76. The lowest BCUT2D eigenvalue weighted by Gasteiger charge is -2.33. The summed E-state index contributed by atoms with van der Waals surface area (Å²) >= 11 is 0. The summed E-state index contributed by atoms with van der Waals surface area (Å²) in [5.74, 6) is 0.395. The second-order valence-corrected chi connectivity index (χ2v) is 8.21. The van der Waals surface area contributed by atoms with Crippen LogP contribution in [-0.4, -0.2) is 51.3 Å². The largest absolute Gasteiger partial charge is 0.372 e. The lowest BCUT2D eigenvalue weighted by molar-refractivity contribution is -0.115. The van der Waals surface area contributed by atoms with Crippen LogP contribution in [0.3, 0.4) is 0 Å². The summed E-state index contributed by atoms with van der Waals surface area (Å²) in [4.78, 5) is 26.7. The van der Waals surface area contributed by atoms with Crippen molar-refractivity contribution in [2.24, 2.45) is 5.73 Å². The Balaban J connectivity index is 1.37. The first-order valence-corrected chi connectivity index (χ1v) is 10.5. The van der Waals surface area contributed by atoms with E-state index in [1.807, 2.05) is 31.0 Å². The molecule has 0 saturated carbocycles. The molecular formula is C21H29N7O2. The lowest BCUT2D eigenvalue weighted by atomic mass is 10.1. The Morgan fingerprint density at radius 2 is 1.90 bits per heavy atom. The normalized spacial score (nSPS) is 16.2. The van der Waals surface area contributed by atoms with E-state index < -0.39 is 6.03 Å². The molecule has 0 atom stereocenters. The number of hydrogen-bond acceptors (Lipinski definition) is 5. The molecule has 1 aromatic carbocycles. The molecular weight excluding hydrogens is 382 g/mol. The molecule has 0 aliphatic carbocycles. The third-order valence-corrected chi connectivity index (χ3v) is 5.68. The third kappa shape index (κ3) is 4.11. The second kappa shape index (κ2) is 8.35. The van der Waals surface area contributed by atoms with Crippen LogP contribution < -0.4 is 16.0 Å². The number of amides is 3. The molecule has 3 amide bonds. The zero-order valence-corrected chi connectivity index (χ0v) is 17.5. The highest BCUT2D eigenvalue weighted by Crippen LogP contribution is 2.29. The summed E-state index contributed by atoms with van der Waals surface area (Å²) in [5.41, 5.74) is 9.47. The van der Waals surface area contributed by atoms with E-state index in [2.05, 4.69) is 32.5 Å². The molecule has 1 aromatic heterocycles. The molecule has 4 rings (SSSR count). The molecule has 0 bridgehead atoms. The van der Waals surface area contributed by atoms with Gasteiger partial charge in [-0.1, -0.05) is 12.1 Å². The van der Waals surface area contributed by atoms with Crippen LogP contribution in [0.1, 0.15) is 43.5 Å². The van der Waals surface area contributed by atoms with Gasteiger partial charge in [-0.05, 0) is 44.4 Å². The molecule has 160 valence electrons. The number of hydrogen-bond donors (Lipinski definition) is 3. The molecule has 1 fully saturated rings. The third-order valence-electron chi connectivity index (χ3n) is 5.68. The number of carbonyl (C=O) groups excluding carboxylic acids is 2. The summed E-state index contributed by atoms with van der Waals surface area (Å²) < 4.78 is 0. The van der Waals surface area contributed by atoms with Gasteiger partial charge in [0.2, 0.25) is 5.91 Å². The van der Waals surface area contributed by atoms with Crippen molar-refractivity contribution in [1.82, 2.24) is 20.2 Å². The van der Waals surface area contributed by atoms with Crippen LogP contribution in [0.15, 0.2) is 24.3 Å². The number of carbonyl (C=O) groups is 2. The highest BCUT2D eigenvalue weighted by molar-refractivity contribution is 5.92. The van der Waals surface area contributed by atoms with E-state index >= 15 is 0 Å². The number of rotatable bonds is 6. The van der Waals surface area contributed by atoms with Gasteiger partial charge >= 0.3 is 6.03 Å². The van der Waals surface area contributed by atoms with Gasteiger partial charge in [-0.2, -0.15) is 5.10 Å². The van der Waals surface area contributed by atoms with E-state index in [-0.39, 0.29) is 18.4 Å². The van der Waals surface area contributed by atoms with Crippen LogP contribution in [0.4, 0.5) is 16.3 Å². The fourth-order valence-corrected chi connectivity index (χ4v) is 4.26. The molecule has 1 saturated heterocycles. The molecule has 0 spiro atoms. The lowest BCUT2D eigenvalue weighted by Crippen LogP contribution is -2.50. The first-order valence-electron chi connectivity index (χ1n) is 10.5. The first kappa shape index (κ1) is 20.2. The Labute approximate surface area is 176 Å². The number of nitrogens with one attached hydrogen (secondary N) is 2. The number of anilines is 2. The van der Waals surface area contributed by atoms with Gasteiger partial charge in [0.15, 0.2) is 5.82 Å². The molecule has 4 N–H and O–H groups in total. The van der Waals surface area contributed by atoms with Gasteiger partial charge in [0.1, 0.15) is 0 Å². The molecule has 2 aromatic rings. The van der Waals surface area contributed by atoms with Crippen molar-refractivity contribution in [2.45, 2.75) is 52.2 Å². The van der Waals surface area contributed by atoms with Gasteiger partial charge in [-0.3, -0.25) is 14.9 Å². The number of nitrogens with two attached hydrogens (primary N) is 1. The Kier molecular flexibility index (Phi) is 5.63. The van der Waals surface area contributed by atoms with Crippen molar-refractivity contribution >= 4 is 23.4 Å². The van der Waals surface area contributed by atoms with Gasteiger partial charge in [-0.15, -0.1) is 0 Å². The number of aromatic amines is 1.